The van der Waals surface area contributed by atoms with Gasteiger partial charge in [0, 0.05) is 5.38 Å². The predicted molar refractivity (Wildman–Crippen MR) is 88.2 cm³/mol. The van der Waals surface area contributed by atoms with Crippen LogP contribution in [-0.4, -0.2) is 34.1 Å². The number of carbonyl (C=O) groups excluding carboxylic acids is 2. The van der Waals surface area contributed by atoms with E-state index in [-0.39, 0.29) is 6.54 Å². The number of carbonyl (C=O) groups is 2. The highest BCUT2D eigenvalue weighted by Gasteiger charge is 2.17. The first kappa shape index (κ1) is 17.8. The van der Waals surface area contributed by atoms with E-state index in [4.69, 9.17) is 4.74 Å². The van der Waals surface area contributed by atoms with Crippen molar-refractivity contribution in [3.8, 4) is 11.4 Å². The number of hydrogen-bond acceptors (Lipinski definition) is 6. The van der Waals surface area contributed by atoms with Gasteiger partial charge in [0.2, 0.25) is 11.9 Å². The highest BCUT2D eigenvalue weighted by molar-refractivity contribution is 7.14. The Morgan fingerprint density at radius 1 is 1.25 bits per heavy atom. The molecule has 24 heavy (non-hydrogen) atoms. The van der Waals surface area contributed by atoms with Gasteiger partial charge in [-0.15, -0.1) is 11.3 Å². The Balaban J connectivity index is 1.88. The van der Waals surface area contributed by atoms with E-state index in [1.807, 2.05) is 0 Å². The number of hydrogen-bond donors (Lipinski definition) is 2. The van der Waals surface area contributed by atoms with E-state index in [9.17, 15) is 14.0 Å². The highest BCUT2D eigenvalue weighted by Crippen LogP contribution is 2.23. The summed E-state index contributed by atoms with van der Waals surface area (Å²) in [6.45, 7) is 4.93. The number of rotatable bonds is 4. The van der Waals surface area contributed by atoms with Crippen molar-refractivity contribution in [2.24, 2.45) is 0 Å². The summed E-state index contributed by atoms with van der Waals surface area (Å²) in [6.07, 6.45) is -0.679. The molecular weight excluding hydrogens is 335 g/mol. The standard InChI is InChI=1S/C15H17FN4O3S/c1-15(2,3)23-14(22)17-7-12(21)20-13-19-10(8-24-13)9-5-4-6-11(16)18-9/h4-6,8H,7H2,1-3H3,(H,17,22)(H,19,20,21). The molecule has 0 unspecified atom stereocenters. The molecule has 0 aliphatic rings. The zero-order valence-corrected chi connectivity index (χ0v) is 14.2. The Morgan fingerprint density at radius 3 is 2.67 bits per heavy atom. The van der Waals surface area contributed by atoms with Gasteiger partial charge in [-0.2, -0.15) is 4.39 Å². The van der Waals surface area contributed by atoms with Crippen LogP contribution in [0.5, 0.6) is 0 Å². The molecule has 0 bridgehead atoms. The number of nitrogens with one attached hydrogen (secondary N) is 2. The molecule has 2 aromatic heterocycles. The third kappa shape index (κ3) is 5.58. The van der Waals surface area contributed by atoms with Crippen molar-refractivity contribution in [2.45, 2.75) is 26.4 Å². The number of pyridine rings is 1. The van der Waals surface area contributed by atoms with Gasteiger partial charge in [0.15, 0.2) is 5.13 Å². The molecule has 0 saturated heterocycles. The summed E-state index contributed by atoms with van der Waals surface area (Å²) in [4.78, 5) is 31.1. The SMILES string of the molecule is CC(C)(C)OC(=O)NCC(=O)Nc1nc(-c2cccc(F)n2)cs1. The first-order chi connectivity index (χ1) is 11.2. The monoisotopic (exact) mass is 352 g/mol. The fraction of sp³-hybridized carbons (Fsp3) is 0.333. The van der Waals surface area contributed by atoms with E-state index in [1.165, 1.54) is 23.5 Å². The highest BCUT2D eigenvalue weighted by atomic mass is 32.1. The zero-order valence-electron chi connectivity index (χ0n) is 13.4. The van der Waals surface area contributed by atoms with Crippen LogP contribution in [0.1, 0.15) is 20.8 Å². The number of ether oxygens (including phenoxy) is 1. The minimum absolute atomic E-state index is 0.248. The van der Waals surface area contributed by atoms with Crippen LogP contribution in [0.25, 0.3) is 11.4 Å². The molecule has 2 heterocycles. The first-order valence-corrected chi connectivity index (χ1v) is 7.96. The van der Waals surface area contributed by atoms with Gasteiger partial charge in [-0.1, -0.05) is 6.07 Å². The number of aromatic nitrogens is 2. The van der Waals surface area contributed by atoms with Crippen LogP contribution in [0.4, 0.5) is 14.3 Å². The number of nitrogens with zero attached hydrogens (tertiary/aromatic N) is 2. The Kier molecular flexibility index (Phi) is 5.45. The van der Waals surface area contributed by atoms with Crippen molar-refractivity contribution in [3.05, 3.63) is 29.5 Å². The van der Waals surface area contributed by atoms with Gasteiger partial charge in [-0.3, -0.25) is 4.79 Å². The molecule has 128 valence electrons. The van der Waals surface area contributed by atoms with Gasteiger partial charge in [0.1, 0.15) is 17.8 Å². The van der Waals surface area contributed by atoms with Crippen molar-refractivity contribution >= 4 is 28.5 Å². The molecule has 0 aromatic carbocycles. The van der Waals surface area contributed by atoms with Gasteiger partial charge in [0.25, 0.3) is 0 Å². The summed E-state index contributed by atoms with van der Waals surface area (Å²) >= 11 is 1.17. The van der Waals surface area contributed by atoms with E-state index in [2.05, 4.69) is 20.6 Å². The lowest BCUT2D eigenvalue weighted by Gasteiger charge is -2.19. The van der Waals surface area contributed by atoms with Gasteiger partial charge < -0.3 is 15.4 Å². The Labute approximate surface area is 142 Å². The van der Waals surface area contributed by atoms with E-state index in [0.29, 0.717) is 16.5 Å². The topological polar surface area (TPSA) is 93.2 Å². The normalized spacial score (nSPS) is 11.0. The summed E-state index contributed by atoms with van der Waals surface area (Å²) in [5.74, 6) is -1.05. The molecule has 0 fully saturated rings. The maximum absolute atomic E-state index is 13.1. The fourth-order valence-electron chi connectivity index (χ4n) is 1.63. The Hall–Kier alpha value is -2.55. The number of amides is 2. The van der Waals surface area contributed by atoms with Gasteiger partial charge >= 0.3 is 6.09 Å². The smallest absolute Gasteiger partial charge is 0.408 e. The molecule has 2 aromatic rings. The molecule has 0 saturated carbocycles. The summed E-state index contributed by atoms with van der Waals surface area (Å²) in [6, 6.07) is 4.38. The third-order valence-corrected chi connectivity index (χ3v) is 3.28. The predicted octanol–water partition coefficient (Wildman–Crippen LogP) is 2.81. The zero-order chi connectivity index (χ0) is 17.7. The van der Waals surface area contributed by atoms with Crippen LogP contribution in [-0.2, 0) is 9.53 Å². The maximum atomic E-state index is 13.1. The Morgan fingerprint density at radius 2 is 2.00 bits per heavy atom. The van der Waals surface area contributed by atoms with Crippen LogP contribution >= 0.6 is 11.3 Å². The van der Waals surface area contributed by atoms with Crippen LogP contribution in [0.15, 0.2) is 23.6 Å². The van der Waals surface area contributed by atoms with Crippen molar-refractivity contribution in [1.82, 2.24) is 15.3 Å². The molecule has 0 radical (unpaired) electrons. The fourth-order valence-corrected chi connectivity index (χ4v) is 2.35. The minimum Gasteiger partial charge on any atom is -0.444 e. The van der Waals surface area contributed by atoms with E-state index in [0.717, 1.165) is 0 Å². The number of alkyl carbamates (subject to hydrolysis) is 1. The molecular formula is C15H17FN4O3S. The van der Waals surface area contributed by atoms with Crippen LogP contribution in [0, 0.1) is 5.95 Å². The largest absolute Gasteiger partial charge is 0.444 e. The number of thiazole rings is 1. The van der Waals surface area contributed by atoms with E-state index in [1.54, 1.807) is 32.2 Å². The second-order valence-electron chi connectivity index (χ2n) is 5.79. The van der Waals surface area contributed by atoms with Crippen LogP contribution < -0.4 is 10.6 Å². The molecule has 0 aliphatic carbocycles. The quantitative estimate of drug-likeness (QED) is 0.826. The summed E-state index contributed by atoms with van der Waals surface area (Å²) < 4.78 is 18.1. The minimum atomic E-state index is -0.679. The molecule has 0 atom stereocenters. The molecule has 9 heteroatoms. The molecule has 2 rings (SSSR count). The van der Waals surface area contributed by atoms with Crippen molar-refractivity contribution in [3.63, 3.8) is 0 Å². The van der Waals surface area contributed by atoms with Crippen LogP contribution in [0.2, 0.25) is 0 Å². The molecule has 7 nitrogen and oxygen atoms in total. The summed E-state index contributed by atoms with van der Waals surface area (Å²) in [5.41, 5.74) is 0.191. The van der Waals surface area contributed by atoms with Crippen LogP contribution in [0.3, 0.4) is 0 Å². The molecule has 0 spiro atoms. The third-order valence-electron chi connectivity index (χ3n) is 2.52. The van der Waals surface area contributed by atoms with E-state index >= 15 is 0 Å². The maximum Gasteiger partial charge on any atom is 0.408 e. The van der Waals surface area contributed by atoms with Gasteiger partial charge in [-0.25, -0.2) is 14.8 Å². The first-order valence-electron chi connectivity index (χ1n) is 7.08. The summed E-state index contributed by atoms with van der Waals surface area (Å²) in [7, 11) is 0. The average molecular weight is 352 g/mol. The number of halogens is 1. The average Bonchev–Trinajstić information content (AvgIpc) is 2.92. The van der Waals surface area contributed by atoms with Crippen molar-refractivity contribution < 1.29 is 18.7 Å². The number of anilines is 1. The van der Waals surface area contributed by atoms with Crippen molar-refractivity contribution in [1.29, 1.82) is 0 Å². The van der Waals surface area contributed by atoms with E-state index < -0.39 is 23.5 Å². The lowest BCUT2D eigenvalue weighted by Crippen LogP contribution is -2.37. The lowest BCUT2D eigenvalue weighted by molar-refractivity contribution is -0.115. The molecule has 0 aliphatic heterocycles. The lowest BCUT2D eigenvalue weighted by atomic mass is 10.2. The molecule has 2 N–H and O–H groups in total. The second-order valence-corrected chi connectivity index (χ2v) is 6.65. The van der Waals surface area contributed by atoms with Crippen molar-refractivity contribution in [2.75, 3.05) is 11.9 Å². The molecule has 2 amide bonds. The van der Waals surface area contributed by atoms with Gasteiger partial charge in [-0.05, 0) is 32.9 Å². The van der Waals surface area contributed by atoms with Gasteiger partial charge in [0.05, 0.1) is 5.69 Å². The second kappa shape index (κ2) is 7.35. The summed E-state index contributed by atoms with van der Waals surface area (Å²) in [5, 5.41) is 6.87. The Bertz CT molecular complexity index is 742.